The predicted molar refractivity (Wildman–Crippen MR) is 126 cm³/mol. The maximum Gasteiger partial charge on any atom is 0.161 e. The molecule has 0 spiro atoms. The highest BCUT2D eigenvalue weighted by atomic mass is 16.5. The minimum absolute atomic E-state index is 0.200. The lowest BCUT2D eigenvalue weighted by Gasteiger charge is -2.37. The molecular weight excluding hydrogens is 386 g/mol. The van der Waals surface area contributed by atoms with Gasteiger partial charge in [0.1, 0.15) is 0 Å². The van der Waals surface area contributed by atoms with E-state index in [9.17, 15) is 5.26 Å². The van der Waals surface area contributed by atoms with Gasteiger partial charge in [0, 0.05) is 31.9 Å². The fourth-order valence-electron chi connectivity index (χ4n) is 4.58. The van der Waals surface area contributed by atoms with Gasteiger partial charge in [0.25, 0.3) is 0 Å². The van der Waals surface area contributed by atoms with E-state index in [4.69, 9.17) is 9.47 Å². The molecule has 0 bridgehead atoms. The number of anilines is 1. The maximum absolute atomic E-state index is 10.2. The van der Waals surface area contributed by atoms with Crippen LogP contribution in [0.25, 0.3) is 0 Å². The van der Waals surface area contributed by atoms with Crippen molar-refractivity contribution in [2.24, 2.45) is 5.92 Å². The number of nitrogens with zero attached hydrogens (tertiary/aromatic N) is 3. The molecule has 1 aliphatic heterocycles. The molecule has 166 valence electrons. The molecule has 1 atom stereocenters. The topological polar surface area (TPSA) is 48.7 Å². The lowest BCUT2D eigenvalue weighted by atomic mass is 9.69. The van der Waals surface area contributed by atoms with Crippen LogP contribution in [0.5, 0.6) is 11.5 Å². The van der Waals surface area contributed by atoms with Crippen molar-refractivity contribution in [1.82, 2.24) is 4.90 Å². The zero-order valence-corrected chi connectivity index (χ0v) is 19.3. The van der Waals surface area contributed by atoms with Gasteiger partial charge in [-0.25, -0.2) is 0 Å². The molecule has 1 aliphatic rings. The minimum Gasteiger partial charge on any atom is -0.493 e. The van der Waals surface area contributed by atoms with Crippen molar-refractivity contribution in [2.45, 2.75) is 32.1 Å². The fraction of sp³-hybridized carbons (Fsp3) is 0.500. The third-order valence-corrected chi connectivity index (χ3v) is 6.62. The van der Waals surface area contributed by atoms with Crippen LogP contribution < -0.4 is 14.4 Å². The van der Waals surface area contributed by atoms with Gasteiger partial charge in [-0.15, -0.1) is 0 Å². The zero-order valence-electron chi connectivity index (χ0n) is 19.3. The summed E-state index contributed by atoms with van der Waals surface area (Å²) in [7, 11) is 3.27. The highest BCUT2D eigenvalue weighted by molar-refractivity contribution is 5.48. The van der Waals surface area contributed by atoms with Gasteiger partial charge >= 0.3 is 0 Å². The van der Waals surface area contributed by atoms with Crippen LogP contribution >= 0.6 is 0 Å². The Hall–Kier alpha value is -2.71. The molecule has 0 amide bonds. The average Bonchev–Trinajstić information content (AvgIpc) is 2.82. The van der Waals surface area contributed by atoms with E-state index in [0.717, 1.165) is 51.1 Å². The summed E-state index contributed by atoms with van der Waals surface area (Å²) in [6.45, 7) is 9.52. The maximum atomic E-state index is 10.2. The van der Waals surface area contributed by atoms with Crippen LogP contribution in [0.15, 0.2) is 48.5 Å². The summed E-state index contributed by atoms with van der Waals surface area (Å²) in [4.78, 5) is 4.98. The van der Waals surface area contributed by atoms with E-state index in [1.165, 1.54) is 5.69 Å². The molecule has 2 aromatic carbocycles. The monoisotopic (exact) mass is 421 g/mol. The molecule has 0 aromatic heterocycles. The van der Waals surface area contributed by atoms with Crippen molar-refractivity contribution in [2.75, 3.05) is 51.8 Å². The Morgan fingerprint density at radius 3 is 2.23 bits per heavy atom. The highest BCUT2D eigenvalue weighted by Crippen LogP contribution is 2.40. The quantitative estimate of drug-likeness (QED) is 0.586. The van der Waals surface area contributed by atoms with Crippen molar-refractivity contribution in [3.63, 3.8) is 0 Å². The molecule has 5 heteroatoms. The molecule has 0 radical (unpaired) electrons. The Kier molecular flexibility index (Phi) is 7.81. The number of ether oxygens (including phenoxy) is 2. The van der Waals surface area contributed by atoms with Crippen molar-refractivity contribution in [3.05, 3.63) is 54.1 Å². The SMILES string of the molecule is COc1ccc([C@](C#N)(CCCN2CCN(c3ccccc3)CC2)C(C)C)cc1OC. The average molecular weight is 422 g/mol. The summed E-state index contributed by atoms with van der Waals surface area (Å²) < 4.78 is 10.9. The van der Waals surface area contributed by atoms with Crippen molar-refractivity contribution in [3.8, 4) is 17.6 Å². The third-order valence-electron chi connectivity index (χ3n) is 6.62. The first-order valence-electron chi connectivity index (χ1n) is 11.2. The van der Waals surface area contributed by atoms with Gasteiger partial charge in [-0.2, -0.15) is 5.26 Å². The molecular formula is C26H35N3O2. The molecule has 31 heavy (non-hydrogen) atoms. The zero-order chi connectivity index (χ0) is 22.3. The Morgan fingerprint density at radius 1 is 0.968 bits per heavy atom. The standard InChI is InChI=1S/C26H35N3O2/c1-21(2)26(20-27,22-11-12-24(30-3)25(19-22)31-4)13-8-14-28-15-17-29(18-16-28)23-9-6-5-7-10-23/h5-7,9-12,19,21H,8,13-18H2,1-4H3/t26-/m0/s1. The first-order valence-corrected chi connectivity index (χ1v) is 11.2. The van der Waals surface area contributed by atoms with E-state index in [1.54, 1.807) is 14.2 Å². The van der Waals surface area contributed by atoms with Crippen LogP contribution in [-0.2, 0) is 5.41 Å². The van der Waals surface area contributed by atoms with Gasteiger partial charge in [0.15, 0.2) is 11.5 Å². The van der Waals surface area contributed by atoms with Crippen molar-refractivity contribution in [1.29, 1.82) is 5.26 Å². The molecule has 1 fully saturated rings. The van der Waals surface area contributed by atoms with Crippen molar-refractivity contribution < 1.29 is 9.47 Å². The number of benzene rings is 2. The van der Waals surface area contributed by atoms with Crippen LogP contribution in [0.1, 0.15) is 32.3 Å². The summed E-state index contributed by atoms with van der Waals surface area (Å²) in [6.07, 6.45) is 1.82. The fourth-order valence-corrected chi connectivity index (χ4v) is 4.58. The van der Waals surface area contributed by atoms with Gasteiger partial charge in [-0.3, -0.25) is 4.90 Å². The van der Waals surface area contributed by atoms with E-state index in [-0.39, 0.29) is 5.92 Å². The Labute approximate surface area is 187 Å². The first-order chi connectivity index (χ1) is 15.0. The second-order valence-corrected chi connectivity index (χ2v) is 8.58. The normalized spacial score (nSPS) is 16.6. The molecule has 0 aliphatic carbocycles. The lowest BCUT2D eigenvalue weighted by Crippen LogP contribution is -2.46. The molecule has 2 aromatic rings. The lowest BCUT2D eigenvalue weighted by molar-refractivity contribution is 0.239. The van der Waals surface area contributed by atoms with E-state index < -0.39 is 5.41 Å². The van der Waals surface area contributed by atoms with Crippen LogP contribution in [0, 0.1) is 17.2 Å². The van der Waals surface area contributed by atoms with Crippen LogP contribution in [-0.4, -0.2) is 51.8 Å². The van der Waals surface area contributed by atoms with Gasteiger partial charge in [0.05, 0.1) is 25.7 Å². The highest BCUT2D eigenvalue weighted by Gasteiger charge is 2.36. The van der Waals surface area contributed by atoms with Crippen LogP contribution in [0.4, 0.5) is 5.69 Å². The summed E-state index contributed by atoms with van der Waals surface area (Å²) >= 11 is 0. The number of para-hydroxylation sites is 1. The van der Waals surface area contributed by atoms with E-state index >= 15 is 0 Å². The molecule has 0 saturated carbocycles. The minimum atomic E-state index is -0.536. The summed E-state index contributed by atoms with van der Waals surface area (Å²) in [6, 6.07) is 19.2. The number of hydrogen-bond donors (Lipinski definition) is 0. The molecule has 3 rings (SSSR count). The van der Waals surface area contributed by atoms with Crippen LogP contribution in [0.2, 0.25) is 0 Å². The summed E-state index contributed by atoms with van der Waals surface area (Å²) in [5, 5.41) is 10.2. The smallest absolute Gasteiger partial charge is 0.161 e. The number of hydrogen-bond acceptors (Lipinski definition) is 5. The number of piperazine rings is 1. The van der Waals surface area contributed by atoms with Crippen LogP contribution in [0.3, 0.4) is 0 Å². The molecule has 0 unspecified atom stereocenters. The van der Waals surface area contributed by atoms with E-state index in [2.05, 4.69) is 60.0 Å². The summed E-state index contributed by atoms with van der Waals surface area (Å²) in [5.41, 5.74) is 1.78. The molecule has 1 saturated heterocycles. The predicted octanol–water partition coefficient (Wildman–Crippen LogP) is 4.72. The third kappa shape index (κ3) is 5.14. The first kappa shape index (κ1) is 23.0. The van der Waals surface area contributed by atoms with Crippen molar-refractivity contribution >= 4 is 5.69 Å². The molecule has 0 N–H and O–H groups in total. The second-order valence-electron chi connectivity index (χ2n) is 8.58. The van der Waals surface area contributed by atoms with E-state index in [1.807, 2.05) is 18.2 Å². The molecule has 5 nitrogen and oxygen atoms in total. The molecule has 1 heterocycles. The number of rotatable bonds is 9. The second kappa shape index (κ2) is 10.5. The van der Waals surface area contributed by atoms with Gasteiger partial charge in [-0.05, 0) is 55.1 Å². The van der Waals surface area contributed by atoms with Gasteiger partial charge < -0.3 is 14.4 Å². The largest absolute Gasteiger partial charge is 0.493 e. The Morgan fingerprint density at radius 2 is 1.65 bits per heavy atom. The number of nitriles is 1. The van der Waals surface area contributed by atoms with Gasteiger partial charge in [-0.1, -0.05) is 38.1 Å². The number of methoxy groups -OCH3 is 2. The Balaban J connectivity index is 1.62. The van der Waals surface area contributed by atoms with E-state index in [0.29, 0.717) is 11.5 Å². The van der Waals surface area contributed by atoms with Gasteiger partial charge in [0.2, 0.25) is 0 Å². The summed E-state index contributed by atoms with van der Waals surface area (Å²) in [5.74, 6) is 1.57. The Bertz CT molecular complexity index is 870.